The molecule has 0 aliphatic rings. The molecule has 0 saturated heterocycles. The van der Waals surface area contributed by atoms with Gasteiger partial charge < -0.3 is 10.3 Å². The summed E-state index contributed by atoms with van der Waals surface area (Å²) >= 11 is 0. The van der Waals surface area contributed by atoms with Crippen LogP contribution in [0.4, 0.5) is 0 Å². The molecule has 0 amide bonds. The van der Waals surface area contributed by atoms with E-state index in [4.69, 9.17) is 10.7 Å². The molecular weight excluding hydrogens is 248 g/mol. The van der Waals surface area contributed by atoms with Crippen LogP contribution in [-0.2, 0) is 6.54 Å². The van der Waals surface area contributed by atoms with Gasteiger partial charge in [0.2, 0.25) is 0 Å². The van der Waals surface area contributed by atoms with Crippen LogP contribution in [0.25, 0.3) is 22.4 Å². The molecule has 0 fully saturated rings. The molecule has 0 bridgehead atoms. The molecule has 20 heavy (non-hydrogen) atoms. The average Bonchev–Trinajstić information content (AvgIpc) is 2.86. The van der Waals surface area contributed by atoms with Crippen molar-refractivity contribution in [2.75, 3.05) is 0 Å². The SMILES string of the molecule is CC(C)n1c(-c2ccncc2)nc2cc(CN)ccc21. The minimum Gasteiger partial charge on any atom is -0.326 e. The Kier molecular flexibility index (Phi) is 3.24. The van der Waals surface area contributed by atoms with Crippen molar-refractivity contribution in [1.82, 2.24) is 14.5 Å². The van der Waals surface area contributed by atoms with E-state index in [9.17, 15) is 0 Å². The zero-order chi connectivity index (χ0) is 14.1. The Bertz CT molecular complexity index is 729. The lowest BCUT2D eigenvalue weighted by Gasteiger charge is -2.13. The second-order valence-corrected chi connectivity index (χ2v) is 5.16. The minimum atomic E-state index is 0.340. The fourth-order valence-corrected chi connectivity index (χ4v) is 2.50. The Morgan fingerprint density at radius 3 is 2.55 bits per heavy atom. The highest BCUT2D eigenvalue weighted by Gasteiger charge is 2.14. The third-order valence-corrected chi connectivity index (χ3v) is 3.44. The zero-order valence-electron chi connectivity index (χ0n) is 11.7. The van der Waals surface area contributed by atoms with Crippen molar-refractivity contribution < 1.29 is 0 Å². The van der Waals surface area contributed by atoms with E-state index in [0.717, 1.165) is 28.0 Å². The van der Waals surface area contributed by atoms with E-state index in [0.29, 0.717) is 12.6 Å². The second kappa shape index (κ2) is 5.06. The molecule has 0 aliphatic heterocycles. The summed E-state index contributed by atoms with van der Waals surface area (Å²) in [6.45, 7) is 4.88. The molecular formula is C16H18N4. The molecule has 0 atom stereocenters. The van der Waals surface area contributed by atoms with Crippen LogP contribution in [0.2, 0.25) is 0 Å². The number of hydrogen-bond acceptors (Lipinski definition) is 3. The highest BCUT2D eigenvalue weighted by molar-refractivity contribution is 5.81. The Morgan fingerprint density at radius 2 is 1.90 bits per heavy atom. The monoisotopic (exact) mass is 266 g/mol. The summed E-state index contributed by atoms with van der Waals surface area (Å²) in [5.41, 5.74) is 10.0. The van der Waals surface area contributed by atoms with Crippen LogP contribution in [0.3, 0.4) is 0 Å². The number of aromatic nitrogens is 3. The third kappa shape index (κ3) is 2.08. The molecule has 1 aromatic carbocycles. The van der Waals surface area contributed by atoms with Crippen LogP contribution in [0, 0.1) is 0 Å². The molecule has 0 aliphatic carbocycles. The van der Waals surface area contributed by atoms with Gasteiger partial charge in [-0.25, -0.2) is 4.98 Å². The van der Waals surface area contributed by atoms with Crippen molar-refractivity contribution in [1.29, 1.82) is 0 Å². The molecule has 3 aromatic rings. The van der Waals surface area contributed by atoms with Gasteiger partial charge in [0.25, 0.3) is 0 Å². The Balaban J connectivity index is 2.28. The number of hydrogen-bond donors (Lipinski definition) is 1. The molecule has 4 heteroatoms. The van der Waals surface area contributed by atoms with Crippen molar-refractivity contribution in [3.05, 3.63) is 48.3 Å². The van der Waals surface area contributed by atoms with Crippen molar-refractivity contribution in [2.24, 2.45) is 5.73 Å². The Morgan fingerprint density at radius 1 is 1.15 bits per heavy atom. The molecule has 0 radical (unpaired) electrons. The summed E-state index contributed by atoms with van der Waals surface area (Å²) < 4.78 is 2.25. The predicted molar refractivity (Wildman–Crippen MR) is 81.2 cm³/mol. The number of nitrogens with two attached hydrogens (primary N) is 1. The van der Waals surface area contributed by atoms with E-state index in [2.05, 4.69) is 41.6 Å². The number of imidazole rings is 1. The standard InChI is InChI=1S/C16H18N4/c1-11(2)20-15-4-3-12(10-17)9-14(15)19-16(20)13-5-7-18-8-6-13/h3-9,11H,10,17H2,1-2H3. The fraction of sp³-hybridized carbons (Fsp3) is 0.250. The number of rotatable bonds is 3. The van der Waals surface area contributed by atoms with Gasteiger partial charge in [0.05, 0.1) is 11.0 Å². The smallest absolute Gasteiger partial charge is 0.141 e. The molecule has 2 heterocycles. The molecule has 2 aromatic heterocycles. The van der Waals surface area contributed by atoms with Crippen LogP contribution in [0.5, 0.6) is 0 Å². The van der Waals surface area contributed by atoms with E-state index < -0.39 is 0 Å². The first-order chi connectivity index (χ1) is 9.70. The van der Waals surface area contributed by atoms with Gasteiger partial charge in [0, 0.05) is 30.5 Å². The summed E-state index contributed by atoms with van der Waals surface area (Å²) in [6.07, 6.45) is 3.59. The van der Waals surface area contributed by atoms with Crippen molar-refractivity contribution in [2.45, 2.75) is 26.4 Å². The van der Waals surface area contributed by atoms with Crippen LogP contribution >= 0.6 is 0 Å². The number of benzene rings is 1. The lowest BCUT2D eigenvalue weighted by Crippen LogP contribution is -2.03. The molecule has 0 spiro atoms. The topological polar surface area (TPSA) is 56.7 Å². The van der Waals surface area contributed by atoms with Crippen LogP contribution < -0.4 is 5.73 Å². The first-order valence-electron chi connectivity index (χ1n) is 6.82. The van der Waals surface area contributed by atoms with Crippen LogP contribution in [0.15, 0.2) is 42.7 Å². The number of pyridine rings is 1. The second-order valence-electron chi connectivity index (χ2n) is 5.16. The van der Waals surface area contributed by atoms with Gasteiger partial charge in [0.1, 0.15) is 5.82 Å². The highest BCUT2D eigenvalue weighted by atomic mass is 15.1. The molecule has 3 rings (SSSR count). The van der Waals surface area contributed by atoms with Gasteiger partial charge in [-0.1, -0.05) is 6.07 Å². The van der Waals surface area contributed by atoms with Crippen LogP contribution in [-0.4, -0.2) is 14.5 Å². The van der Waals surface area contributed by atoms with Gasteiger partial charge in [0.15, 0.2) is 0 Å². The molecule has 0 saturated carbocycles. The largest absolute Gasteiger partial charge is 0.326 e. The lowest BCUT2D eigenvalue weighted by molar-refractivity contribution is 0.624. The normalized spacial score (nSPS) is 11.4. The lowest BCUT2D eigenvalue weighted by atomic mass is 10.2. The molecule has 2 N–H and O–H groups in total. The van der Waals surface area contributed by atoms with Crippen molar-refractivity contribution >= 4 is 11.0 Å². The van der Waals surface area contributed by atoms with E-state index in [-0.39, 0.29) is 0 Å². The highest BCUT2D eigenvalue weighted by Crippen LogP contribution is 2.28. The Labute approximate surface area is 118 Å². The quantitative estimate of drug-likeness (QED) is 0.792. The number of fused-ring (bicyclic) bond motifs is 1. The molecule has 0 unspecified atom stereocenters. The average molecular weight is 266 g/mol. The summed E-state index contributed by atoms with van der Waals surface area (Å²) in [5, 5.41) is 0. The first-order valence-corrected chi connectivity index (χ1v) is 6.82. The maximum Gasteiger partial charge on any atom is 0.141 e. The maximum atomic E-state index is 5.71. The van der Waals surface area contributed by atoms with E-state index in [1.807, 2.05) is 12.1 Å². The van der Waals surface area contributed by atoms with Crippen molar-refractivity contribution in [3.63, 3.8) is 0 Å². The fourth-order valence-electron chi connectivity index (χ4n) is 2.50. The van der Waals surface area contributed by atoms with Gasteiger partial charge in [-0.2, -0.15) is 0 Å². The summed E-state index contributed by atoms with van der Waals surface area (Å²) in [6, 6.07) is 10.6. The van der Waals surface area contributed by atoms with E-state index in [1.54, 1.807) is 12.4 Å². The molecule has 4 nitrogen and oxygen atoms in total. The van der Waals surface area contributed by atoms with E-state index >= 15 is 0 Å². The minimum absolute atomic E-state index is 0.340. The van der Waals surface area contributed by atoms with Gasteiger partial charge >= 0.3 is 0 Å². The first kappa shape index (κ1) is 12.8. The van der Waals surface area contributed by atoms with Gasteiger partial charge in [-0.3, -0.25) is 4.98 Å². The van der Waals surface area contributed by atoms with Gasteiger partial charge in [-0.15, -0.1) is 0 Å². The number of nitrogens with zero attached hydrogens (tertiary/aromatic N) is 3. The third-order valence-electron chi connectivity index (χ3n) is 3.44. The zero-order valence-corrected chi connectivity index (χ0v) is 11.7. The summed E-state index contributed by atoms with van der Waals surface area (Å²) in [4.78, 5) is 8.87. The summed E-state index contributed by atoms with van der Waals surface area (Å²) in [7, 11) is 0. The van der Waals surface area contributed by atoms with Crippen molar-refractivity contribution in [3.8, 4) is 11.4 Å². The summed E-state index contributed by atoms with van der Waals surface area (Å²) in [5.74, 6) is 0.978. The Hall–Kier alpha value is -2.20. The van der Waals surface area contributed by atoms with Crippen LogP contribution in [0.1, 0.15) is 25.5 Å². The van der Waals surface area contributed by atoms with Gasteiger partial charge in [-0.05, 0) is 43.7 Å². The molecule has 102 valence electrons. The predicted octanol–water partition coefficient (Wildman–Crippen LogP) is 3.14. The van der Waals surface area contributed by atoms with E-state index in [1.165, 1.54) is 0 Å². The maximum absolute atomic E-state index is 5.71.